The minimum atomic E-state index is 0. The van der Waals surface area contributed by atoms with Crippen molar-refractivity contribution in [3.05, 3.63) is 238 Å². The van der Waals surface area contributed by atoms with E-state index in [4.69, 9.17) is 40.4 Å². The number of aryl methyl sites for hydroxylation is 3. The maximum Gasteiger partial charge on any atom is 0.173 e. The molecule has 2 heterocycles. The number of nitrogen functional groups attached to an aromatic ring is 2. The zero-order valence-electron chi connectivity index (χ0n) is 38.9. The van der Waals surface area contributed by atoms with Gasteiger partial charge in [-0.1, -0.05) is 180 Å². The number of rotatable bonds is 0. The van der Waals surface area contributed by atoms with Gasteiger partial charge in [0, 0.05) is 68.9 Å². The van der Waals surface area contributed by atoms with Gasteiger partial charge in [0.1, 0.15) is 23.1 Å². The van der Waals surface area contributed by atoms with Crippen LogP contribution in [0.25, 0.3) is 43.1 Å². The third-order valence-electron chi connectivity index (χ3n) is 12.0. The van der Waals surface area contributed by atoms with Crippen molar-refractivity contribution in [1.82, 2.24) is 9.97 Å². The topological polar surface area (TPSA) is 104 Å². The van der Waals surface area contributed by atoms with Crippen LogP contribution >= 0.6 is 86.9 Å². The number of nitrogens with two attached hydrogens (primary N) is 3. The van der Waals surface area contributed by atoms with Gasteiger partial charge in [-0.15, -0.1) is 0 Å². The van der Waals surface area contributed by atoms with E-state index in [1.807, 2.05) is 60.7 Å². The van der Waals surface area contributed by atoms with Gasteiger partial charge in [-0.2, -0.15) is 0 Å². The third-order valence-corrected chi connectivity index (χ3v) is 14.4. The lowest BCUT2D eigenvalue weighted by atomic mass is 10.0. The van der Waals surface area contributed by atoms with Crippen LogP contribution in [-0.2, 0) is 12.8 Å². The number of halogens is 6. The Morgan fingerprint density at radius 2 is 1.07 bits per heavy atom. The molecular formula is C60H56Br4Cl2N5+. The molecule has 10 aromatic rings. The van der Waals surface area contributed by atoms with Crippen molar-refractivity contribution in [2.45, 2.75) is 59.4 Å². The molecule has 2 atom stereocenters. The molecule has 0 fully saturated rings. The van der Waals surface area contributed by atoms with Gasteiger partial charge in [0.15, 0.2) is 6.04 Å². The Bertz CT molecular complexity index is 3110. The van der Waals surface area contributed by atoms with E-state index in [2.05, 4.69) is 198 Å². The number of pyridine rings is 2. The van der Waals surface area contributed by atoms with Gasteiger partial charge in [-0.3, -0.25) is 5.73 Å². The summed E-state index contributed by atoms with van der Waals surface area (Å²) in [5.41, 5.74) is 27.1. The Balaban J connectivity index is 0.000000139. The number of hydrogen-bond donors (Lipinski definition) is 3. The maximum atomic E-state index is 5.83. The molecule has 5 nitrogen and oxygen atoms in total. The first-order chi connectivity index (χ1) is 33.6. The monoisotopic (exact) mass is 1230 g/mol. The van der Waals surface area contributed by atoms with Crippen molar-refractivity contribution in [3.63, 3.8) is 0 Å². The third kappa shape index (κ3) is 15.5. The molecule has 0 bridgehead atoms. The second kappa shape index (κ2) is 26.1. The molecule has 0 aliphatic heterocycles. The van der Waals surface area contributed by atoms with Crippen LogP contribution < -0.4 is 17.2 Å². The highest BCUT2D eigenvalue weighted by Crippen LogP contribution is 2.34. The summed E-state index contributed by atoms with van der Waals surface area (Å²) in [6.07, 6.45) is 9.24. The number of benzene rings is 8. The second-order valence-electron chi connectivity index (χ2n) is 17.2. The molecule has 2 aliphatic rings. The van der Waals surface area contributed by atoms with Gasteiger partial charge in [0.05, 0.1) is 0 Å². The fourth-order valence-corrected chi connectivity index (χ4v) is 10.2. The summed E-state index contributed by atoms with van der Waals surface area (Å²) in [7, 11) is 0. The molecule has 6 N–H and O–H groups in total. The largest absolute Gasteiger partial charge is 0.399 e. The highest BCUT2D eigenvalue weighted by Gasteiger charge is 2.27. The molecule has 0 spiro atoms. The molecule has 2 aliphatic carbocycles. The highest BCUT2D eigenvalue weighted by atomic mass is 79.9. The molecule has 2 aromatic heterocycles. The van der Waals surface area contributed by atoms with Crippen LogP contribution in [0.3, 0.4) is 0 Å². The minimum absolute atomic E-state index is 0. The van der Waals surface area contributed by atoms with Crippen LogP contribution in [0.1, 0.15) is 66.1 Å². The zero-order valence-corrected chi connectivity index (χ0v) is 46.8. The molecule has 362 valence electrons. The smallest absolute Gasteiger partial charge is 0.173 e. The Morgan fingerprint density at radius 3 is 1.73 bits per heavy atom. The average molecular weight is 1240 g/mol. The molecule has 12 rings (SSSR count). The van der Waals surface area contributed by atoms with Gasteiger partial charge in [-0.05, 0) is 161 Å². The van der Waals surface area contributed by atoms with Gasteiger partial charge < -0.3 is 11.5 Å². The Labute approximate surface area is 462 Å². The number of anilines is 2. The predicted molar refractivity (Wildman–Crippen MR) is 322 cm³/mol. The summed E-state index contributed by atoms with van der Waals surface area (Å²) >= 11 is 25.3. The molecule has 11 heteroatoms. The SMILES string of the molecule is C.CC1CCc2cc(Br)ccc21.Cc1ccc2cc(Cl)ncc2c1.Cc1cccc2cc(Br)ccc12.NC1[CH+]Cc2cc(Br)ccc21.Nc1ccc2cc(Cl)ncc2c1.Nc1cccc2cc(Br)ccc12. The fourth-order valence-electron chi connectivity index (χ4n) is 8.32. The van der Waals surface area contributed by atoms with Crippen molar-refractivity contribution < 1.29 is 0 Å². The normalized spacial score (nSPS) is 13.7. The summed E-state index contributed by atoms with van der Waals surface area (Å²) in [4.78, 5) is 7.97. The van der Waals surface area contributed by atoms with Crippen molar-refractivity contribution in [2.24, 2.45) is 5.73 Å². The molecular weight excluding hydrogens is 1180 g/mol. The lowest BCUT2D eigenvalue weighted by molar-refractivity contribution is 0.747. The van der Waals surface area contributed by atoms with E-state index in [0.717, 1.165) is 64.1 Å². The van der Waals surface area contributed by atoms with E-state index in [1.165, 1.54) is 61.3 Å². The predicted octanol–water partition coefficient (Wildman–Crippen LogP) is 19.1. The van der Waals surface area contributed by atoms with Gasteiger partial charge >= 0.3 is 0 Å². The summed E-state index contributed by atoms with van der Waals surface area (Å²) in [6, 6.07) is 53.3. The highest BCUT2D eigenvalue weighted by molar-refractivity contribution is 9.11. The minimum Gasteiger partial charge on any atom is -0.399 e. The molecule has 0 saturated heterocycles. The molecule has 0 amide bonds. The van der Waals surface area contributed by atoms with Gasteiger partial charge in [-0.25, -0.2) is 9.97 Å². The number of fused-ring (bicyclic) bond motifs is 6. The summed E-state index contributed by atoms with van der Waals surface area (Å²) < 4.78 is 4.57. The van der Waals surface area contributed by atoms with Gasteiger partial charge in [0.25, 0.3) is 0 Å². The zero-order chi connectivity index (χ0) is 49.9. The van der Waals surface area contributed by atoms with E-state index >= 15 is 0 Å². The van der Waals surface area contributed by atoms with E-state index < -0.39 is 0 Å². The average Bonchev–Trinajstić information content (AvgIpc) is 3.90. The number of aromatic nitrogens is 2. The Morgan fingerprint density at radius 1 is 0.535 bits per heavy atom. The van der Waals surface area contributed by atoms with Crippen molar-refractivity contribution in [3.8, 4) is 0 Å². The summed E-state index contributed by atoms with van der Waals surface area (Å²) in [5, 5.41) is 10.3. The standard InChI is InChI=1S/C11H9Br.C10H8BrN.C10H11Br.C10H8ClN.C9H9BrN.C9H7ClN2.CH4/c1-8-3-2-4-9-7-10(12)5-6-11(8)9;11-8-4-5-9-7(6-8)2-1-3-10(9)12;1-7-2-3-8-6-9(11)4-5-10(7)8;1-7-2-3-8-5-10(11)12-6-9(8)4-7;10-7-2-3-8-6(5-7)1-4-9(8)11;10-9-4-6-1-2-8(11)3-7(6)5-12-9;/h2-7H,1H3;1-6H,12H2;4-7H,2-3H2,1H3;2-6H,1H3;2-5,9H,1,11H2;1-5H,11H2;1H4/q;;;;+1;;. The van der Waals surface area contributed by atoms with Crippen molar-refractivity contribution >= 4 is 141 Å². The quantitative estimate of drug-likeness (QED) is 0.0797. The van der Waals surface area contributed by atoms with E-state index in [1.54, 1.807) is 18.0 Å². The van der Waals surface area contributed by atoms with Crippen LogP contribution in [0, 0.1) is 20.3 Å². The molecule has 2 unspecified atom stereocenters. The summed E-state index contributed by atoms with van der Waals surface area (Å²) in [6.45, 7) is 6.50. The summed E-state index contributed by atoms with van der Waals surface area (Å²) in [5.74, 6) is 0.776. The molecule has 8 aromatic carbocycles. The molecule has 0 radical (unpaired) electrons. The van der Waals surface area contributed by atoms with Crippen LogP contribution in [0.4, 0.5) is 11.4 Å². The molecule has 0 saturated carbocycles. The van der Waals surface area contributed by atoms with Crippen LogP contribution in [0.15, 0.2) is 188 Å². The van der Waals surface area contributed by atoms with Crippen LogP contribution in [0.2, 0.25) is 10.3 Å². The first-order valence-corrected chi connectivity index (χ1v) is 26.6. The second-order valence-corrected chi connectivity index (χ2v) is 21.7. The van der Waals surface area contributed by atoms with Gasteiger partial charge in [0.2, 0.25) is 0 Å². The van der Waals surface area contributed by atoms with E-state index in [-0.39, 0.29) is 13.5 Å². The number of nitrogens with zero attached hydrogens (tertiary/aromatic N) is 2. The van der Waals surface area contributed by atoms with Crippen LogP contribution in [0.5, 0.6) is 0 Å². The van der Waals surface area contributed by atoms with E-state index in [0.29, 0.717) is 10.3 Å². The fraction of sp³-hybridized carbons (Fsp3) is 0.150. The molecule has 71 heavy (non-hydrogen) atoms. The number of hydrogen-bond acceptors (Lipinski definition) is 5. The lowest BCUT2D eigenvalue weighted by Gasteiger charge is -2.03. The Kier molecular flexibility index (Phi) is 20.4. The van der Waals surface area contributed by atoms with E-state index in [9.17, 15) is 0 Å². The first-order valence-electron chi connectivity index (χ1n) is 22.7. The maximum absolute atomic E-state index is 5.83. The van der Waals surface area contributed by atoms with Crippen molar-refractivity contribution in [1.29, 1.82) is 0 Å². The lowest BCUT2D eigenvalue weighted by Crippen LogP contribution is -2.05. The first kappa shape index (κ1) is 55.3. The van der Waals surface area contributed by atoms with Crippen molar-refractivity contribution in [2.75, 3.05) is 11.5 Å². The Hall–Kier alpha value is -4.97. The van der Waals surface area contributed by atoms with Crippen LogP contribution in [-0.4, -0.2) is 9.97 Å².